The van der Waals surface area contributed by atoms with Crippen LogP contribution in [-0.4, -0.2) is 16.1 Å². The lowest BCUT2D eigenvalue weighted by Crippen LogP contribution is -2.16. The van der Waals surface area contributed by atoms with Gasteiger partial charge in [0, 0.05) is 6.20 Å². The molecule has 0 bridgehead atoms. The van der Waals surface area contributed by atoms with Gasteiger partial charge in [0.25, 0.3) is 5.56 Å². The van der Waals surface area contributed by atoms with Crippen LogP contribution in [0.5, 0.6) is 0 Å². The topological polar surface area (TPSA) is 120 Å². The molecule has 0 aliphatic carbocycles. The van der Waals surface area contributed by atoms with Gasteiger partial charge in [0.15, 0.2) is 0 Å². The van der Waals surface area contributed by atoms with Crippen LogP contribution in [0.4, 0.5) is 5.69 Å². The van der Waals surface area contributed by atoms with Crippen molar-refractivity contribution in [1.82, 2.24) is 4.98 Å². The minimum absolute atomic E-state index is 0.281. The van der Waals surface area contributed by atoms with E-state index in [2.05, 4.69) is 4.98 Å². The predicted molar refractivity (Wildman–Crippen MR) is 43.1 cm³/mol. The molecule has 4 N–H and O–H groups in total. The van der Waals surface area contributed by atoms with Gasteiger partial charge in [-0.2, -0.15) is 5.26 Å². The number of nitrogen functional groups attached to an aromatic ring is 1. The van der Waals surface area contributed by atoms with Crippen molar-refractivity contribution in [2.24, 2.45) is 0 Å². The molecule has 0 unspecified atom stereocenters. The molecule has 0 saturated carbocycles. The first-order chi connectivity index (χ1) is 6.07. The van der Waals surface area contributed by atoms with E-state index in [0.29, 0.717) is 0 Å². The zero-order chi connectivity index (χ0) is 10.0. The first kappa shape index (κ1) is 8.80. The Balaban J connectivity index is 3.57. The van der Waals surface area contributed by atoms with Crippen LogP contribution in [-0.2, 0) is 0 Å². The Bertz CT molecular complexity index is 455. The molecule has 0 spiro atoms. The van der Waals surface area contributed by atoms with Crippen LogP contribution in [0.3, 0.4) is 0 Å². The second kappa shape index (κ2) is 2.98. The zero-order valence-electron chi connectivity index (χ0n) is 6.37. The lowest BCUT2D eigenvalue weighted by Gasteiger charge is -1.99. The van der Waals surface area contributed by atoms with Crippen molar-refractivity contribution >= 4 is 11.7 Å². The summed E-state index contributed by atoms with van der Waals surface area (Å²) in [6.07, 6.45) is 0.959. The first-order valence-electron chi connectivity index (χ1n) is 3.22. The maximum absolute atomic E-state index is 10.9. The first-order valence-corrected chi connectivity index (χ1v) is 3.22. The molecule has 6 heteroatoms. The number of pyridine rings is 1. The van der Waals surface area contributed by atoms with Crippen LogP contribution in [0.2, 0.25) is 0 Å². The summed E-state index contributed by atoms with van der Waals surface area (Å²) >= 11 is 0. The highest BCUT2D eigenvalue weighted by atomic mass is 16.4. The molecular weight excluding hydrogens is 174 g/mol. The average Bonchev–Trinajstić information content (AvgIpc) is 2.04. The number of aromatic nitrogens is 1. The van der Waals surface area contributed by atoms with E-state index < -0.39 is 11.5 Å². The number of nitrogens with zero attached hydrogens (tertiary/aromatic N) is 1. The Morgan fingerprint density at radius 1 is 1.69 bits per heavy atom. The molecule has 0 aliphatic heterocycles. The Morgan fingerprint density at radius 2 is 2.31 bits per heavy atom. The SMILES string of the molecule is N#Cc1c(N)c(C(=O)O)c[nH]c1=O. The van der Waals surface area contributed by atoms with Gasteiger partial charge >= 0.3 is 5.97 Å². The van der Waals surface area contributed by atoms with Gasteiger partial charge in [-0.1, -0.05) is 0 Å². The molecule has 0 aromatic carbocycles. The van der Waals surface area contributed by atoms with Gasteiger partial charge in [0.1, 0.15) is 11.6 Å². The van der Waals surface area contributed by atoms with Gasteiger partial charge in [-0.05, 0) is 0 Å². The molecule has 0 saturated heterocycles. The number of carboxylic acids is 1. The number of hydrogen-bond acceptors (Lipinski definition) is 4. The second-order valence-corrected chi connectivity index (χ2v) is 2.24. The van der Waals surface area contributed by atoms with Gasteiger partial charge in [-0.3, -0.25) is 4.79 Å². The largest absolute Gasteiger partial charge is 0.478 e. The summed E-state index contributed by atoms with van der Waals surface area (Å²) in [5.41, 5.74) is 3.62. The Labute approximate surface area is 72.2 Å². The van der Waals surface area contributed by atoms with Crippen LogP contribution < -0.4 is 11.3 Å². The summed E-state index contributed by atoms with van der Waals surface area (Å²) in [5, 5.41) is 17.0. The van der Waals surface area contributed by atoms with E-state index in [-0.39, 0.29) is 16.8 Å². The highest BCUT2D eigenvalue weighted by Crippen LogP contribution is 2.11. The van der Waals surface area contributed by atoms with Crippen molar-refractivity contribution in [1.29, 1.82) is 5.26 Å². The smallest absolute Gasteiger partial charge is 0.339 e. The van der Waals surface area contributed by atoms with Gasteiger partial charge in [-0.15, -0.1) is 0 Å². The fraction of sp³-hybridized carbons (Fsp3) is 0. The third kappa shape index (κ3) is 1.35. The van der Waals surface area contributed by atoms with Crippen molar-refractivity contribution in [3.63, 3.8) is 0 Å². The van der Waals surface area contributed by atoms with Crippen LogP contribution in [0.25, 0.3) is 0 Å². The number of aromatic amines is 1. The van der Waals surface area contributed by atoms with Crippen LogP contribution in [0.1, 0.15) is 15.9 Å². The van der Waals surface area contributed by atoms with Gasteiger partial charge < -0.3 is 15.8 Å². The third-order valence-corrected chi connectivity index (χ3v) is 1.48. The van der Waals surface area contributed by atoms with E-state index in [9.17, 15) is 9.59 Å². The molecule has 6 nitrogen and oxygen atoms in total. The standard InChI is InChI=1S/C7H5N3O3/c8-1-3-5(9)4(7(12)13)2-10-6(3)11/h2H,(H,12,13)(H3,9,10,11). The molecule has 0 radical (unpaired) electrons. The van der Waals surface area contributed by atoms with Gasteiger partial charge in [0.2, 0.25) is 0 Å². The van der Waals surface area contributed by atoms with E-state index in [0.717, 1.165) is 6.20 Å². The molecule has 1 aromatic heterocycles. The van der Waals surface area contributed by atoms with Crippen molar-refractivity contribution < 1.29 is 9.90 Å². The van der Waals surface area contributed by atoms with Crippen molar-refractivity contribution in [3.8, 4) is 6.07 Å². The molecule has 1 rings (SSSR count). The maximum atomic E-state index is 10.9. The van der Waals surface area contributed by atoms with Crippen molar-refractivity contribution in [2.75, 3.05) is 5.73 Å². The molecule has 66 valence electrons. The number of nitrogens with one attached hydrogen (secondary N) is 1. The van der Waals surface area contributed by atoms with Crippen molar-refractivity contribution in [2.45, 2.75) is 0 Å². The fourth-order valence-electron chi connectivity index (χ4n) is 0.833. The Hall–Kier alpha value is -2.29. The lowest BCUT2D eigenvalue weighted by molar-refractivity contribution is 0.0697. The number of carboxylic acid groups (broad SMARTS) is 1. The van der Waals surface area contributed by atoms with Crippen LogP contribution >= 0.6 is 0 Å². The summed E-state index contributed by atoms with van der Waals surface area (Å²) in [7, 11) is 0. The normalized spacial score (nSPS) is 9.15. The van der Waals surface area contributed by atoms with Crippen LogP contribution in [0.15, 0.2) is 11.0 Å². The van der Waals surface area contributed by atoms with Crippen LogP contribution in [0, 0.1) is 11.3 Å². The molecule has 0 aliphatic rings. The number of rotatable bonds is 1. The highest BCUT2D eigenvalue weighted by molar-refractivity contribution is 5.94. The second-order valence-electron chi connectivity index (χ2n) is 2.24. The van der Waals surface area contributed by atoms with E-state index in [1.165, 1.54) is 6.07 Å². The molecule has 0 amide bonds. The zero-order valence-corrected chi connectivity index (χ0v) is 6.37. The van der Waals surface area contributed by atoms with E-state index in [4.69, 9.17) is 16.1 Å². The molecular formula is C7H5N3O3. The fourth-order valence-corrected chi connectivity index (χ4v) is 0.833. The monoisotopic (exact) mass is 179 g/mol. The summed E-state index contributed by atoms with van der Waals surface area (Å²) < 4.78 is 0. The number of H-pyrrole nitrogens is 1. The van der Waals surface area contributed by atoms with E-state index in [1.54, 1.807) is 0 Å². The highest BCUT2D eigenvalue weighted by Gasteiger charge is 2.13. The Morgan fingerprint density at radius 3 is 2.77 bits per heavy atom. The summed E-state index contributed by atoms with van der Waals surface area (Å²) in [6.45, 7) is 0. The van der Waals surface area contributed by atoms with Gasteiger partial charge in [-0.25, -0.2) is 4.79 Å². The average molecular weight is 179 g/mol. The van der Waals surface area contributed by atoms with Gasteiger partial charge in [0.05, 0.1) is 11.3 Å². The third-order valence-electron chi connectivity index (χ3n) is 1.48. The number of anilines is 1. The summed E-state index contributed by atoms with van der Waals surface area (Å²) in [5.74, 6) is -1.29. The maximum Gasteiger partial charge on any atom is 0.339 e. The number of nitrogens with two attached hydrogens (primary N) is 1. The molecule has 13 heavy (non-hydrogen) atoms. The van der Waals surface area contributed by atoms with E-state index >= 15 is 0 Å². The predicted octanol–water partition coefficient (Wildman–Crippen LogP) is -0.473. The van der Waals surface area contributed by atoms with E-state index in [1.807, 2.05) is 0 Å². The van der Waals surface area contributed by atoms with Crippen molar-refractivity contribution in [3.05, 3.63) is 27.7 Å². The minimum atomic E-state index is -1.29. The molecule has 0 fully saturated rings. The number of aromatic carboxylic acids is 1. The molecule has 1 aromatic rings. The molecule has 0 atom stereocenters. The summed E-state index contributed by atoms with van der Waals surface area (Å²) in [4.78, 5) is 23.5. The molecule has 1 heterocycles. The number of carbonyl (C=O) groups is 1. The summed E-state index contributed by atoms with van der Waals surface area (Å²) in [6, 6.07) is 1.53. The number of hydrogen-bond donors (Lipinski definition) is 3. The quantitative estimate of drug-likeness (QED) is 0.538. The Kier molecular flexibility index (Phi) is 2.02. The minimum Gasteiger partial charge on any atom is -0.478 e. The number of nitriles is 1. The lowest BCUT2D eigenvalue weighted by atomic mass is 10.1.